The second kappa shape index (κ2) is 5.22. The van der Waals surface area contributed by atoms with Crippen molar-refractivity contribution in [2.24, 2.45) is 4.99 Å². The number of phenolic OH excluding ortho intramolecular Hbond substituents is 1. The fourth-order valence-corrected chi connectivity index (χ4v) is 2.01. The number of hydrogen-bond donors (Lipinski definition) is 2. The van der Waals surface area contributed by atoms with Gasteiger partial charge in [0, 0.05) is 11.1 Å². The highest BCUT2D eigenvalue weighted by atomic mass is 16.7. The van der Waals surface area contributed by atoms with Crippen LogP contribution >= 0.6 is 0 Å². The van der Waals surface area contributed by atoms with Crippen molar-refractivity contribution in [1.29, 1.82) is 0 Å². The number of nitrogens with zero attached hydrogens (tertiary/aromatic N) is 1. The van der Waals surface area contributed by atoms with Gasteiger partial charge in [0.2, 0.25) is 6.23 Å². The summed E-state index contributed by atoms with van der Waals surface area (Å²) in [4.78, 5) is 9.89. The monoisotopic (exact) mass is 270 g/mol. The molecule has 2 aromatic carbocycles. The highest BCUT2D eigenvalue weighted by Gasteiger charge is 2.21. The van der Waals surface area contributed by atoms with Crippen LogP contribution in [0.2, 0.25) is 0 Å². The van der Waals surface area contributed by atoms with E-state index < -0.39 is 6.23 Å². The predicted octanol–water partition coefficient (Wildman–Crippen LogP) is 2.38. The molecule has 0 amide bonds. The molecule has 5 nitrogen and oxygen atoms in total. The van der Waals surface area contributed by atoms with Crippen molar-refractivity contribution >= 4 is 5.84 Å². The van der Waals surface area contributed by atoms with E-state index in [4.69, 9.17) is 9.57 Å². The van der Waals surface area contributed by atoms with E-state index in [0.29, 0.717) is 11.6 Å². The van der Waals surface area contributed by atoms with E-state index >= 15 is 0 Å². The number of phenols is 1. The Morgan fingerprint density at radius 3 is 2.70 bits per heavy atom. The Morgan fingerprint density at radius 1 is 1.20 bits per heavy atom. The Kier molecular flexibility index (Phi) is 3.26. The molecule has 0 saturated heterocycles. The molecule has 0 aliphatic carbocycles. The van der Waals surface area contributed by atoms with Crippen LogP contribution in [-0.2, 0) is 4.84 Å². The molecule has 1 aliphatic heterocycles. The minimum Gasteiger partial charge on any atom is -0.504 e. The number of methoxy groups -OCH3 is 1. The van der Waals surface area contributed by atoms with Crippen molar-refractivity contribution in [3.8, 4) is 11.5 Å². The maximum atomic E-state index is 9.79. The van der Waals surface area contributed by atoms with E-state index in [0.717, 1.165) is 11.1 Å². The molecule has 3 rings (SSSR count). The van der Waals surface area contributed by atoms with Crippen LogP contribution in [0.5, 0.6) is 11.5 Å². The van der Waals surface area contributed by atoms with E-state index in [1.807, 2.05) is 36.4 Å². The highest BCUT2D eigenvalue weighted by molar-refractivity contribution is 5.98. The van der Waals surface area contributed by atoms with Gasteiger partial charge >= 0.3 is 0 Å². The molecule has 20 heavy (non-hydrogen) atoms. The number of hydrogen-bond acceptors (Lipinski definition) is 5. The predicted molar refractivity (Wildman–Crippen MR) is 74.6 cm³/mol. The largest absolute Gasteiger partial charge is 0.504 e. The van der Waals surface area contributed by atoms with Gasteiger partial charge in [0.15, 0.2) is 17.3 Å². The second-order valence-corrected chi connectivity index (χ2v) is 4.35. The number of nitrogens with one attached hydrogen (secondary N) is 1. The molecule has 2 aromatic rings. The first-order chi connectivity index (χ1) is 9.78. The summed E-state index contributed by atoms with van der Waals surface area (Å²) in [5, 5.41) is 9.79. The smallest absolute Gasteiger partial charge is 0.202 e. The quantitative estimate of drug-likeness (QED) is 0.899. The fourth-order valence-electron chi connectivity index (χ4n) is 2.01. The van der Waals surface area contributed by atoms with Crippen LogP contribution < -0.4 is 10.2 Å². The molecule has 0 spiro atoms. The molecule has 0 saturated carbocycles. The molecule has 1 heterocycles. The van der Waals surface area contributed by atoms with Crippen molar-refractivity contribution in [3.63, 3.8) is 0 Å². The summed E-state index contributed by atoms with van der Waals surface area (Å²) in [6, 6.07) is 14.8. The average Bonchev–Trinajstić information content (AvgIpc) is 2.98. The van der Waals surface area contributed by atoms with Gasteiger partial charge in [-0.25, -0.2) is 15.3 Å². The number of rotatable bonds is 3. The molecule has 0 fully saturated rings. The molecule has 1 aliphatic rings. The first-order valence-electron chi connectivity index (χ1n) is 6.20. The van der Waals surface area contributed by atoms with Crippen molar-refractivity contribution in [2.45, 2.75) is 6.23 Å². The van der Waals surface area contributed by atoms with Crippen LogP contribution in [0.1, 0.15) is 17.4 Å². The van der Waals surface area contributed by atoms with Gasteiger partial charge in [-0.1, -0.05) is 36.4 Å². The number of benzene rings is 2. The Morgan fingerprint density at radius 2 is 2.00 bits per heavy atom. The molecule has 1 atom stereocenters. The second-order valence-electron chi connectivity index (χ2n) is 4.35. The molecule has 0 aromatic heterocycles. The van der Waals surface area contributed by atoms with E-state index in [2.05, 4.69) is 10.5 Å². The maximum absolute atomic E-state index is 9.79. The molecule has 0 bridgehead atoms. The Hall–Kier alpha value is -2.53. The standard InChI is InChI=1S/C15H14N2O3/c1-19-13-8-7-11(9-12(13)18)15-16-14(17-20-15)10-5-3-2-4-6-10/h2-9,15,18H,1H3,(H,16,17). The number of ether oxygens (including phenoxy) is 1. The Balaban J connectivity index is 1.86. The van der Waals surface area contributed by atoms with Crippen molar-refractivity contribution in [2.75, 3.05) is 7.11 Å². The van der Waals surface area contributed by atoms with Gasteiger partial charge in [-0.05, 0) is 12.1 Å². The van der Waals surface area contributed by atoms with E-state index in [9.17, 15) is 5.11 Å². The first kappa shape index (κ1) is 12.5. The summed E-state index contributed by atoms with van der Waals surface area (Å²) in [5.74, 6) is 1.16. The number of aliphatic imine (C=N–C) groups is 1. The number of aromatic hydroxyl groups is 1. The maximum Gasteiger partial charge on any atom is 0.202 e. The molecule has 0 radical (unpaired) electrons. The molecular formula is C15H14N2O3. The van der Waals surface area contributed by atoms with Crippen LogP contribution in [0, 0.1) is 0 Å². The third-order valence-electron chi connectivity index (χ3n) is 3.05. The summed E-state index contributed by atoms with van der Waals surface area (Å²) >= 11 is 0. The zero-order valence-electron chi connectivity index (χ0n) is 10.9. The van der Waals surface area contributed by atoms with Gasteiger partial charge < -0.3 is 9.84 Å². The van der Waals surface area contributed by atoms with E-state index in [1.165, 1.54) is 7.11 Å². The number of amidine groups is 1. The van der Waals surface area contributed by atoms with Gasteiger partial charge in [-0.15, -0.1) is 0 Å². The summed E-state index contributed by atoms with van der Waals surface area (Å²) < 4.78 is 5.01. The van der Waals surface area contributed by atoms with Gasteiger partial charge in [-0.3, -0.25) is 0 Å². The lowest BCUT2D eigenvalue weighted by molar-refractivity contribution is 0.0375. The molecule has 2 N–H and O–H groups in total. The van der Waals surface area contributed by atoms with Gasteiger partial charge in [-0.2, -0.15) is 0 Å². The van der Waals surface area contributed by atoms with Gasteiger partial charge in [0.05, 0.1) is 7.11 Å². The van der Waals surface area contributed by atoms with E-state index in [-0.39, 0.29) is 5.75 Å². The summed E-state index contributed by atoms with van der Waals surface area (Å²) in [5.41, 5.74) is 4.51. The third kappa shape index (κ3) is 2.31. The average molecular weight is 270 g/mol. The minimum absolute atomic E-state index is 0.0666. The highest BCUT2D eigenvalue weighted by Crippen LogP contribution is 2.31. The van der Waals surface area contributed by atoms with Crippen LogP contribution in [-0.4, -0.2) is 18.1 Å². The van der Waals surface area contributed by atoms with Crippen molar-refractivity contribution in [3.05, 3.63) is 59.7 Å². The normalized spacial score (nSPS) is 17.4. The lowest BCUT2D eigenvalue weighted by atomic mass is 10.1. The van der Waals surface area contributed by atoms with E-state index in [1.54, 1.807) is 12.1 Å². The first-order valence-corrected chi connectivity index (χ1v) is 6.20. The lowest BCUT2D eigenvalue weighted by Gasteiger charge is -2.08. The third-order valence-corrected chi connectivity index (χ3v) is 3.05. The fraction of sp³-hybridized carbons (Fsp3) is 0.133. The van der Waals surface area contributed by atoms with Crippen molar-refractivity contribution in [1.82, 2.24) is 5.48 Å². The van der Waals surface area contributed by atoms with Crippen LogP contribution in [0.15, 0.2) is 53.5 Å². The van der Waals surface area contributed by atoms with Crippen LogP contribution in [0.4, 0.5) is 0 Å². The van der Waals surface area contributed by atoms with Gasteiger partial charge in [0.1, 0.15) is 0 Å². The molecule has 1 unspecified atom stereocenters. The number of hydroxylamine groups is 1. The summed E-state index contributed by atoms with van der Waals surface area (Å²) in [6.07, 6.45) is -0.484. The van der Waals surface area contributed by atoms with Crippen LogP contribution in [0.3, 0.4) is 0 Å². The molecular weight excluding hydrogens is 256 g/mol. The zero-order chi connectivity index (χ0) is 13.9. The zero-order valence-corrected chi connectivity index (χ0v) is 10.9. The van der Waals surface area contributed by atoms with Crippen LogP contribution in [0.25, 0.3) is 0 Å². The summed E-state index contributed by atoms with van der Waals surface area (Å²) in [7, 11) is 1.51. The van der Waals surface area contributed by atoms with Gasteiger partial charge in [0.25, 0.3) is 0 Å². The Bertz CT molecular complexity index is 641. The summed E-state index contributed by atoms with van der Waals surface area (Å²) in [6.45, 7) is 0. The lowest BCUT2D eigenvalue weighted by Crippen LogP contribution is -2.17. The molecule has 5 heteroatoms. The Labute approximate surface area is 116 Å². The SMILES string of the molecule is COc1ccc(C2N=C(c3ccccc3)NO2)cc1O. The topological polar surface area (TPSA) is 63.1 Å². The van der Waals surface area contributed by atoms with Crippen molar-refractivity contribution < 1.29 is 14.7 Å². The molecule has 102 valence electrons. The minimum atomic E-state index is -0.484.